The fourth-order valence-corrected chi connectivity index (χ4v) is 13.6. The van der Waals surface area contributed by atoms with Gasteiger partial charge in [-0.3, -0.25) is 9.59 Å². The number of fused-ring (bicyclic) bond motifs is 4. The van der Waals surface area contributed by atoms with E-state index in [9.17, 15) is 24.9 Å². The van der Waals surface area contributed by atoms with Crippen molar-refractivity contribution in [2.75, 3.05) is 20.2 Å². The quantitative estimate of drug-likeness (QED) is 0.134. The topological polar surface area (TPSA) is 166 Å². The van der Waals surface area contributed by atoms with Crippen LogP contribution in [0.15, 0.2) is 16.6 Å². The summed E-state index contributed by atoms with van der Waals surface area (Å²) < 4.78 is 5.73. The number of nitrogens with one attached hydrogen (secondary N) is 2. The number of Topliss-reactive ketones (excluding diaryl/α,β-unsaturated/α-hetero) is 2. The van der Waals surface area contributed by atoms with E-state index in [2.05, 4.69) is 33.5 Å². The van der Waals surface area contributed by atoms with E-state index in [4.69, 9.17) is 10.5 Å². The molecule has 314 valence electrons. The third kappa shape index (κ3) is 9.16. The summed E-state index contributed by atoms with van der Waals surface area (Å²) in [5, 5.41) is 41.9. The molecule has 0 amide bonds. The number of carbonyl (C=O) groups is 2. The number of aliphatic hydroxyl groups is 3. The molecule has 3 heterocycles. The molecule has 8 rings (SSSR count). The van der Waals surface area contributed by atoms with Crippen LogP contribution < -0.4 is 16.4 Å². The van der Waals surface area contributed by atoms with Crippen LogP contribution >= 0.6 is 0 Å². The average molecular weight is 788 g/mol. The molecule has 7 N–H and O–H groups in total. The number of ether oxygens (including phenoxy) is 1. The lowest BCUT2D eigenvalue weighted by atomic mass is 9.57. The number of carbonyl (C=O) groups excluding carboxylic acids is 2. The van der Waals surface area contributed by atoms with Crippen LogP contribution in [-0.4, -0.2) is 89.9 Å². The highest BCUT2D eigenvalue weighted by atomic mass is 16.5. The number of hydrogen-bond donors (Lipinski definition) is 6. The van der Waals surface area contributed by atoms with E-state index in [1.54, 1.807) is 7.11 Å². The number of nitrogens with zero attached hydrogens (tertiary/aromatic N) is 1. The molecule has 0 bridgehead atoms. The maximum Gasteiger partial charge on any atom is 0.176 e. The van der Waals surface area contributed by atoms with Gasteiger partial charge in [0.15, 0.2) is 12.0 Å². The molecule has 0 aromatic carbocycles. The molecule has 10 heteroatoms. The average Bonchev–Trinajstić information content (AvgIpc) is 3.74. The molecule has 8 aliphatic rings. The minimum absolute atomic E-state index is 0.0241. The lowest BCUT2D eigenvalue weighted by Gasteiger charge is -2.51. The third-order valence-electron chi connectivity index (χ3n) is 16.9. The van der Waals surface area contributed by atoms with Gasteiger partial charge in [0.2, 0.25) is 0 Å². The Balaban J connectivity index is 0.929. The molecule has 5 aliphatic carbocycles. The lowest BCUT2D eigenvalue weighted by Crippen LogP contribution is -2.55. The number of aliphatic imine (C=N–C) groups is 1. The van der Waals surface area contributed by atoms with Crippen LogP contribution in [0.4, 0.5) is 0 Å². The van der Waals surface area contributed by atoms with Crippen LogP contribution in [-0.2, 0) is 14.3 Å². The van der Waals surface area contributed by atoms with Gasteiger partial charge in [-0.05, 0) is 156 Å². The fraction of sp³-hybridized carbons (Fsp3) is 0.830. The Kier molecular flexibility index (Phi) is 13.3. The Labute approximate surface area is 341 Å². The summed E-state index contributed by atoms with van der Waals surface area (Å²) in [6.07, 6.45) is 17.2. The first kappa shape index (κ1) is 41.6. The largest absolute Gasteiger partial charge is 0.393 e. The number of ketones is 2. The van der Waals surface area contributed by atoms with Gasteiger partial charge >= 0.3 is 0 Å². The first-order valence-corrected chi connectivity index (χ1v) is 23.0. The minimum atomic E-state index is -1.05. The van der Waals surface area contributed by atoms with Crippen LogP contribution in [0.1, 0.15) is 122 Å². The Hall–Kier alpha value is -2.10. The summed E-state index contributed by atoms with van der Waals surface area (Å²) in [5.41, 5.74) is 6.54. The molecular formula is C47H71N4O6+. The van der Waals surface area contributed by atoms with Crippen molar-refractivity contribution in [3.63, 3.8) is 0 Å². The van der Waals surface area contributed by atoms with E-state index in [0.29, 0.717) is 117 Å². The number of nitrogens with two attached hydrogens (primary N) is 1. The van der Waals surface area contributed by atoms with Gasteiger partial charge < -0.3 is 36.4 Å². The molecule has 4 saturated carbocycles. The molecule has 6 fully saturated rings. The first-order valence-electron chi connectivity index (χ1n) is 23.0. The zero-order valence-electron chi connectivity index (χ0n) is 34.4. The van der Waals surface area contributed by atoms with E-state index < -0.39 is 23.7 Å². The lowest BCUT2D eigenvalue weighted by molar-refractivity contribution is -0.136. The van der Waals surface area contributed by atoms with Crippen molar-refractivity contribution in [2.45, 2.75) is 159 Å². The monoisotopic (exact) mass is 788 g/mol. The second-order valence-electron chi connectivity index (χ2n) is 20.0. The number of methoxy groups -OCH3 is 1. The highest BCUT2D eigenvalue weighted by Gasteiger charge is 2.52. The predicted molar refractivity (Wildman–Crippen MR) is 220 cm³/mol. The first-order chi connectivity index (χ1) is 27.6. The molecule has 0 radical (unpaired) electrons. The van der Waals surface area contributed by atoms with E-state index in [1.165, 1.54) is 24.8 Å². The van der Waals surface area contributed by atoms with E-state index in [1.807, 2.05) is 12.8 Å². The van der Waals surface area contributed by atoms with Gasteiger partial charge in [-0.15, -0.1) is 4.99 Å². The predicted octanol–water partition coefficient (Wildman–Crippen LogP) is 4.89. The highest BCUT2D eigenvalue weighted by Crippen LogP contribution is 2.52. The Morgan fingerprint density at radius 2 is 1.75 bits per heavy atom. The van der Waals surface area contributed by atoms with Gasteiger partial charge in [0.25, 0.3) is 0 Å². The molecule has 0 aromatic rings. The number of hydrogen-bond acceptors (Lipinski definition) is 10. The second kappa shape index (κ2) is 18.3. The summed E-state index contributed by atoms with van der Waals surface area (Å²) in [6, 6.07) is 0.360. The zero-order chi connectivity index (χ0) is 39.7. The van der Waals surface area contributed by atoms with Crippen LogP contribution in [0.25, 0.3) is 0 Å². The van der Waals surface area contributed by atoms with Crippen molar-refractivity contribution < 1.29 is 29.6 Å². The van der Waals surface area contributed by atoms with Crippen molar-refractivity contribution >= 4 is 17.8 Å². The van der Waals surface area contributed by atoms with E-state index in [-0.39, 0.29) is 35.8 Å². The smallest absolute Gasteiger partial charge is 0.176 e. The van der Waals surface area contributed by atoms with Crippen molar-refractivity contribution in [1.82, 2.24) is 10.6 Å². The summed E-state index contributed by atoms with van der Waals surface area (Å²) >= 11 is 0. The number of rotatable bonds is 10. The molecular weight excluding hydrogens is 717 g/mol. The Morgan fingerprint density at radius 3 is 2.56 bits per heavy atom. The van der Waals surface area contributed by atoms with Gasteiger partial charge in [-0.2, -0.15) is 0 Å². The van der Waals surface area contributed by atoms with Gasteiger partial charge in [0.05, 0.1) is 36.7 Å². The summed E-state index contributed by atoms with van der Waals surface area (Å²) in [5.74, 6) is 11.6. The van der Waals surface area contributed by atoms with E-state index >= 15 is 0 Å². The summed E-state index contributed by atoms with van der Waals surface area (Å²) in [6.45, 7) is 3.72. The van der Waals surface area contributed by atoms with Crippen molar-refractivity contribution in [2.24, 2.45) is 75.3 Å². The van der Waals surface area contributed by atoms with E-state index in [0.717, 1.165) is 51.6 Å². The van der Waals surface area contributed by atoms with Crippen LogP contribution in [0.3, 0.4) is 0 Å². The molecule has 57 heavy (non-hydrogen) atoms. The highest BCUT2D eigenvalue weighted by molar-refractivity contribution is 5.89. The van der Waals surface area contributed by atoms with Crippen LogP contribution in [0.5, 0.6) is 0 Å². The van der Waals surface area contributed by atoms with Crippen molar-refractivity contribution in [1.29, 1.82) is 0 Å². The molecule has 17 atom stereocenters. The standard InChI is InChI=1S/C47H71N4O6/c1-57-43-20-33-5-11-44(55)47(16-13-32(21-45(47)56)30-4-9-38-35(19-30)27-50-41-23-37(53)8-10-39(38)41)15-12-29(40(33)24-42(43)54)2-6-36(52)7-3-31-22-46(48)51-26-34(31)18-28-14-17-49-25-28/h14,17,25,29-36,38-43,45-46,50-52,54,56H,2-11,13,16,18-24,26-27,48H2,1H3/q+1. The molecule has 17 unspecified atom stereocenters. The molecule has 10 nitrogen and oxygen atoms in total. The Bertz CT molecular complexity index is 1560. The maximum atomic E-state index is 14.4. The number of aliphatic hydroxyl groups excluding tert-OH is 3. The number of allylic oxidation sites excluding steroid dienone is 1. The maximum absolute atomic E-state index is 14.4. The zero-order valence-corrected chi connectivity index (χ0v) is 34.4. The summed E-state index contributed by atoms with van der Waals surface area (Å²) in [4.78, 5) is 30.8. The van der Waals surface area contributed by atoms with Gasteiger partial charge in [-0.25, -0.2) is 0 Å². The molecule has 0 aromatic heterocycles. The SMILES string of the molecule is COC1CC2CCC(=O)C3(C#CC(CCC(O)CCC4CC(N)NCC4CC4=C[CH+]N=C4)C2CC1O)CCC(C1CCC2C(CNC4CC(=O)CCC42)C1)CC3O. The van der Waals surface area contributed by atoms with Crippen LogP contribution in [0.2, 0.25) is 0 Å². The van der Waals surface area contributed by atoms with Crippen LogP contribution in [0, 0.1) is 83.0 Å². The van der Waals surface area contributed by atoms with Gasteiger partial charge in [0.1, 0.15) is 23.3 Å². The molecule has 3 aliphatic heterocycles. The molecule has 1 spiro atoms. The van der Waals surface area contributed by atoms with Crippen molar-refractivity contribution in [3.05, 3.63) is 18.2 Å². The van der Waals surface area contributed by atoms with Crippen molar-refractivity contribution in [3.8, 4) is 11.8 Å². The third-order valence-corrected chi connectivity index (χ3v) is 16.9. The fourth-order valence-electron chi connectivity index (χ4n) is 13.6. The second-order valence-corrected chi connectivity index (χ2v) is 20.0. The Morgan fingerprint density at radius 1 is 0.912 bits per heavy atom. The normalized spacial score (nSPS) is 45.2. The van der Waals surface area contributed by atoms with Gasteiger partial charge in [0, 0.05) is 51.3 Å². The summed E-state index contributed by atoms with van der Waals surface area (Å²) in [7, 11) is 1.66. The minimum Gasteiger partial charge on any atom is -0.393 e. The van der Waals surface area contributed by atoms with Gasteiger partial charge in [-0.1, -0.05) is 11.8 Å². The molecule has 2 saturated heterocycles. The number of piperidine rings is 2.